The average molecular weight is 201 g/mol. The van der Waals surface area contributed by atoms with Gasteiger partial charge in [-0.15, -0.1) is 0 Å². The first-order valence-corrected chi connectivity index (χ1v) is 4.97. The Balaban J connectivity index is 2.47. The van der Waals surface area contributed by atoms with Crippen molar-refractivity contribution >= 4 is 5.97 Å². The van der Waals surface area contributed by atoms with E-state index in [0.29, 0.717) is 5.92 Å². The van der Waals surface area contributed by atoms with E-state index in [9.17, 15) is 4.79 Å². The van der Waals surface area contributed by atoms with Crippen molar-refractivity contribution in [2.45, 2.75) is 25.8 Å². The second-order valence-electron chi connectivity index (χ2n) is 4.47. The molecule has 0 aromatic heterocycles. The summed E-state index contributed by atoms with van der Waals surface area (Å²) in [6, 6.07) is 0. The SMILES string of the molecule is CN(CC1CCOC1)C(C)(C)C(=O)O. The summed E-state index contributed by atoms with van der Waals surface area (Å²) in [5.41, 5.74) is -0.789. The molecule has 0 amide bonds. The van der Waals surface area contributed by atoms with Gasteiger partial charge in [0.15, 0.2) is 0 Å². The van der Waals surface area contributed by atoms with E-state index in [1.54, 1.807) is 13.8 Å². The highest BCUT2D eigenvalue weighted by atomic mass is 16.5. The molecular formula is C10H19NO3. The molecule has 4 nitrogen and oxygen atoms in total. The van der Waals surface area contributed by atoms with Crippen molar-refractivity contribution in [1.82, 2.24) is 4.90 Å². The maximum absolute atomic E-state index is 11.0. The summed E-state index contributed by atoms with van der Waals surface area (Å²) >= 11 is 0. The summed E-state index contributed by atoms with van der Waals surface area (Å²) in [6.07, 6.45) is 1.04. The third kappa shape index (κ3) is 2.45. The minimum absolute atomic E-state index is 0.485. The largest absolute Gasteiger partial charge is 0.480 e. The molecule has 0 aromatic rings. The lowest BCUT2D eigenvalue weighted by molar-refractivity contribution is -0.148. The minimum Gasteiger partial charge on any atom is -0.480 e. The Morgan fingerprint density at radius 1 is 1.64 bits per heavy atom. The number of rotatable bonds is 4. The molecule has 14 heavy (non-hydrogen) atoms. The van der Waals surface area contributed by atoms with Gasteiger partial charge in [-0.05, 0) is 33.2 Å². The summed E-state index contributed by atoms with van der Waals surface area (Å²) in [5, 5.41) is 9.01. The molecule has 1 saturated heterocycles. The fraction of sp³-hybridized carbons (Fsp3) is 0.900. The van der Waals surface area contributed by atoms with Crippen molar-refractivity contribution < 1.29 is 14.6 Å². The zero-order valence-electron chi connectivity index (χ0n) is 9.12. The van der Waals surface area contributed by atoms with Crippen molar-refractivity contribution in [3.05, 3.63) is 0 Å². The number of nitrogens with zero attached hydrogens (tertiary/aromatic N) is 1. The second kappa shape index (κ2) is 4.28. The Morgan fingerprint density at radius 3 is 2.71 bits per heavy atom. The number of carboxylic acid groups (broad SMARTS) is 1. The molecule has 0 bridgehead atoms. The van der Waals surface area contributed by atoms with Crippen molar-refractivity contribution in [3.63, 3.8) is 0 Å². The van der Waals surface area contributed by atoms with Crippen LogP contribution in [0.3, 0.4) is 0 Å². The molecule has 1 aliphatic rings. The van der Waals surface area contributed by atoms with Crippen LogP contribution in [0, 0.1) is 5.92 Å². The van der Waals surface area contributed by atoms with E-state index in [-0.39, 0.29) is 0 Å². The molecule has 0 radical (unpaired) electrons. The smallest absolute Gasteiger partial charge is 0.323 e. The molecule has 1 N–H and O–H groups in total. The van der Waals surface area contributed by atoms with Crippen LogP contribution in [-0.2, 0) is 9.53 Å². The molecule has 1 rings (SSSR count). The number of hydrogen-bond donors (Lipinski definition) is 1. The highest BCUT2D eigenvalue weighted by molar-refractivity contribution is 5.77. The fourth-order valence-corrected chi connectivity index (χ4v) is 1.51. The van der Waals surface area contributed by atoms with Gasteiger partial charge in [-0.3, -0.25) is 9.69 Å². The summed E-state index contributed by atoms with van der Waals surface area (Å²) in [5.74, 6) is -0.294. The molecule has 0 spiro atoms. The second-order valence-corrected chi connectivity index (χ2v) is 4.47. The number of carbonyl (C=O) groups is 1. The summed E-state index contributed by atoms with van der Waals surface area (Å²) in [6.45, 7) is 5.82. The van der Waals surface area contributed by atoms with Crippen LogP contribution in [0.5, 0.6) is 0 Å². The van der Waals surface area contributed by atoms with Gasteiger partial charge in [-0.2, -0.15) is 0 Å². The Bertz CT molecular complexity index is 209. The standard InChI is InChI=1S/C10H19NO3/c1-10(2,9(12)13)11(3)6-8-4-5-14-7-8/h8H,4-7H2,1-3H3,(H,12,13). The Labute approximate surface area is 84.8 Å². The third-order valence-corrected chi connectivity index (χ3v) is 3.03. The van der Waals surface area contributed by atoms with Crippen molar-refractivity contribution in [3.8, 4) is 0 Å². The van der Waals surface area contributed by atoms with Gasteiger partial charge >= 0.3 is 5.97 Å². The number of carboxylic acids is 1. The van der Waals surface area contributed by atoms with Gasteiger partial charge in [0.25, 0.3) is 0 Å². The minimum atomic E-state index is -0.789. The lowest BCUT2D eigenvalue weighted by Crippen LogP contribution is -2.49. The Hall–Kier alpha value is -0.610. The van der Waals surface area contributed by atoms with Crippen LogP contribution in [0.15, 0.2) is 0 Å². The summed E-state index contributed by atoms with van der Waals surface area (Å²) in [4.78, 5) is 12.8. The van der Waals surface area contributed by atoms with Gasteiger partial charge in [0, 0.05) is 13.2 Å². The van der Waals surface area contributed by atoms with Gasteiger partial charge in [-0.25, -0.2) is 0 Å². The molecule has 0 aromatic carbocycles. The quantitative estimate of drug-likeness (QED) is 0.731. The molecule has 0 saturated carbocycles. The zero-order chi connectivity index (χ0) is 10.8. The Kier molecular flexibility index (Phi) is 3.50. The number of hydrogen-bond acceptors (Lipinski definition) is 3. The maximum atomic E-state index is 11.0. The molecule has 1 heterocycles. The van der Waals surface area contributed by atoms with Gasteiger partial charge < -0.3 is 9.84 Å². The molecule has 1 unspecified atom stereocenters. The van der Waals surface area contributed by atoms with E-state index in [0.717, 1.165) is 26.2 Å². The third-order valence-electron chi connectivity index (χ3n) is 3.03. The topological polar surface area (TPSA) is 49.8 Å². The van der Waals surface area contributed by atoms with Crippen LogP contribution in [-0.4, -0.2) is 48.3 Å². The molecule has 0 aliphatic carbocycles. The van der Waals surface area contributed by atoms with Crippen LogP contribution in [0.2, 0.25) is 0 Å². The van der Waals surface area contributed by atoms with Crippen LogP contribution in [0.1, 0.15) is 20.3 Å². The fourth-order valence-electron chi connectivity index (χ4n) is 1.51. The van der Waals surface area contributed by atoms with E-state index >= 15 is 0 Å². The van der Waals surface area contributed by atoms with E-state index in [2.05, 4.69) is 0 Å². The first-order chi connectivity index (χ1) is 6.44. The maximum Gasteiger partial charge on any atom is 0.323 e. The lowest BCUT2D eigenvalue weighted by Gasteiger charge is -2.33. The normalized spacial score (nSPS) is 23.0. The monoisotopic (exact) mass is 201 g/mol. The predicted molar refractivity (Wildman–Crippen MR) is 53.3 cm³/mol. The first-order valence-electron chi connectivity index (χ1n) is 4.97. The van der Waals surface area contributed by atoms with Crippen LogP contribution in [0.25, 0.3) is 0 Å². The van der Waals surface area contributed by atoms with Gasteiger partial charge in [0.1, 0.15) is 5.54 Å². The first kappa shape index (κ1) is 11.5. The van der Waals surface area contributed by atoms with Crippen LogP contribution in [0.4, 0.5) is 0 Å². The van der Waals surface area contributed by atoms with Crippen molar-refractivity contribution in [2.75, 3.05) is 26.8 Å². The average Bonchev–Trinajstić information content (AvgIpc) is 2.56. The highest BCUT2D eigenvalue weighted by Crippen LogP contribution is 2.19. The summed E-state index contributed by atoms with van der Waals surface area (Å²) in [7, 11) is 1.85. The highest BCUT2D eigenvalue weighted by Gasteiger charge is 2.33. The number of likely N-dealkylation sites (N-methyl/N-ethyl adjacent to an activating group) is 1. The molecular weight excluding hydrogens is 182 g/mol. The van der Waals surface area contributed by atoms with Crippen molar-refractivity contribution in [1.29, 1.82) is 0 Å². The zero-order valence-corrected chi connectivity index (χ0v) is 9.12. The van der Waals surface area contributed by atoms with Crippen molar-refractivity contribution in [2.24, 2.45) is 5.92 Å². The number of ether oxygens (including phenoxy) is 1. The summed E-state index contributed by atoms with van der Waals surface area (Å²) < 4.78 is 5.26. The number of aliphatic carboxylic acids is 1. The van der Waals surface area contributed by atoms with Crippen LogP contribution >= 0.6 is 0 Å². The molecule has 82 valence electrons. The van der Waals surface area contributed by atoms with E-state index in [1.165, 1.54) is 0 Å². The lowest BCUT2D eigenvalue weighted by atomic mass is 10.0. The molecule has 1 fully saturated rings. The molecule has 4 heteroatoms. The van der Waals surface area contributed by atoms with E-state index in [1.807, 2.05) is 11.9 Å². The molecule has 1 aliphatic heterocycles. The van der Waals surface area contributed by atoms with Gasteiger partial charge in [0.2, 0.25) is 0 Å². The van der Waals surface area contributed by atoms with Gasteiger partial charge in [-0.1, -0.05) is 0 Å². The van der Waals surface area contributed by atoms with E-state index in [4.69, 9.17) is 9.84 Å². The van der Waals surface area contributed by atoms with E-state index < -0.39 is 11.5 Å². The van der Waals surface area contributed by atoms with Gasteiger partial charge in [0.05, 0.1) is 6.61 Å². The predicted octanol–water partition coefficient (Wildman–Crippen LogP) is 0.818. The van der Waals surface area contributed by atoms with Crippen LogP contribution < -0.4 is 0 Å². The molecule has 1 atom stereocenters. The Morgan fingerprint density at radius 2 is 2.29 bits per heavy atom.